The Morgan fingerprint density at radius 2 is 1.87 bits per heavy atom. The summed E-state index contributed by atoms with van der Waals surface area (Å²) >= 11 is 0. The van der Waals surface area contributed by atoms with Gasteiger partial charge in [-0.3, -0.25) is 0 Å². The number of alkyl carbamates (subject to hydrolysis) is 1. The summed E-state index contributed by atoms with van der Waals surface area (Å²) in [5.41, 5.74) is -0.218. The smallest absolute Gasteiger partial charge is 0.407 e. The maximum Gasteiger partial charge on any atom is 0.407 e. The van der Waals surface area contributed by atoms with E-state index in [4.69, 9.17) is 4.74 Å². The second kappa shape index (κ2) is 5.92. The van der Waals surface area contributed by atoms with Gasteiger partial charge in [0, 0.05) is 5.54 Å². The second-order valence-corrected chi connectivity index (χ2v) is 4.73. The van der Waals surface area contributed by atoms with E-state index in [1.165, 1.54) is 0 Å². The number of carbonyl (C=O) groups excluding carboxylic acids is 1. The Morgan fingerprint density at radius 1 is 1.33 bits per heavy atom. The summed E-state index contributed by atoms with van der Waals surface area (Å²) in [5, 5.41) is 6.01. The number of ether oxygens (including phenoxy) is 1. The average Bonchev–Trinajstić information content (AvgIpc) is 2.02. The molecule has 1 heterocycles. The first-order chi connectivity index (χ1) is 6.47. The van der Waals surface area contributed by atoms with Crippen molar-refractivity contribution in [1.82, 2.24) is 10.6 Å². The topological polar surface area (TPSA) is 81.9 Å². The molecule has 15 heavy (non-hydrogen) atoms. The number of carbonyl (C=O) groups is 1. The van der Waals surface area contributed by atoms with Crippen LogP contribution in [0.5, 0.6) is 0 Å². The summed E-state index contributed by atoms with van der Waals surface area (Å²) in [6.07, 6.45) is 1.61. The molecule has 5 nitrogen and oxygen atoms in total. The van der Waals surface area contributed by atoms with Gasteiger partial charge in [-0.1, -0.05) is 0 Å². The molecule has 1 amide bonds. The van der Waals surface area contributed by atoms with Crippen LogP contribution in [0.3, 0.4) is 0 Å². The molecule has 0 spiro atoms. The van der Waals surface area contributed by atoms with Crippen LogP contribution >= 0.6 is 0 Å². The SMILES string of the molecule is CC(C)(C)NC(=O)OC1CCNCC1.O. The first-order valence-electron chi connectivity index (χ1n) is 5.17. The average molecular weight is 218 g/mol. The fraction of sp³-hybridized carbons (Fsp3) is 0.900. The molecule has 0 aliphatic carbocycles. The molecule has 0 aromatic carbocycles. The number of hydrogen-bond donors (Lipinski definition) is 2. The van der Waals surface area contributed by atoms with Gasteiger partial charge in [-0.15, -0.1) is 0 Å². The van der Waals surface area contributed by atoms with Crippen LogP contribution in [0.15, 0.2) is 0 Å². The molecule has 0 aromatic rings. The van der Waals surface area contributed by atoms with E-state index in [0.29, 0.717) is 0 Å². The van der Waals surface area contributed by atoms with E-state index in [1.807, 2.05) is 20.8 Å². The van der Waals surface area contributed by atoms with Crippen LogP contribution in [-0.4, -0.2) is 36.3 Å². The van der Waals surface area contributed by atoms with Gasteiger partial charge < -0.3 is 20.8 Å². The Labute approximate surface area is 90.9 Å². The predicted molar refractivity (Wildman–Crippen MR) is 58.9 cm³/mol. The van der Waals surface area contributed by atoms with Gasteiger partial charge in [-0.05, 0) is 46.7 Å². The van der Waals surface area contributed by atoms with Crippen molar-refractivity contribution in [3.8, 4) is 0 Å². The van der Waals surface area contributed by atoms with Gasteiger partial charge >= 0.3 is 6.09 Å². The molecular formula is C10H22N2O3. The van der Waals surface area contributed by atoms with Crippen molar-refractivity contribution < 1.29 is 15.0 Å². The van der Waals surface area contributed by atoms with Crippen molar-refractivity contribution in [2.45, 2.75) is 45.3 Å². The number of nitrogens with one attached hydrogen (secondary N) is 2. The zero-order valence-electron chi connectivity index (χ0n) is 9.72. The lowest BCUT2D eigenvalue weighted by Gasteiger charge is -2.26. The van der Waals surface area contributed by atoms with E-state index in [1.54, 1.807) is 0 Å². The van der Waals surface area contributed by atoms with Crippen molar-refractivity contribution in [2.75, 3.05) is 13.1 Å². The summed E-state index contributed by atoms with van der Waals surface area (Å²) in [6.45, 7) is 7.70. The monoisotopic (exact) mass is 218 g/mol. The number of rotatable bonds is 1. The molecule has 1 aliphatic rings. The van der Waals surface area contributed by atoms with Gasteiger partial charge in [-0.25, -0.2) is 4.79 Å². The molecule has 1 saturated heterocycles. The Bertz CT molecular complexity index is 195. The highest BCUT2D eigenvalue weighted by Crippen LogP contribution is 2.08. The molecule has 90 valence electrons. The molecule has 5 heteroatoms. The maximum atomic E-state index is 11.4. The van der Waals surface area contributed by atoms with Gasteiger partial charge in [-0.2, -0.15) is 0 Å². The third-order valence-electron chi connectivity index (χ3n) is 2.04. The summed E-state index contributed by atoms with van der Waals surface area (Å²) in [4.78, 5) is 11.4. The lowest BCUT2D eigenvalue weighted by atomic mass is 10.1. The van der Waals surface area contributed by atoms with Crippen molar-refractivity contribution in [3.05, 3.63) is 0 Å². The first kappa shape index (κ1) is 14.2. The van der Waals surface area contributed by atoms with Crippen molar-refractivity contribution in [2.24, 2.45) is 0 Å². The van der Waals surface area contributed by atoms with Gasteiger partial charge in [0.15, 0.2) is 0 Å². The summed E-state index contributed by atoms with van der Waals surface area (Å²) < 4.78 is 5.28. The standard InChI is InChI=1S/C10H20N2O2.H2O/c1-10(2,3)12-9(13)14-8-4-6-11-7-5-8;/h8,11H,4-7H2,1-3H3,(H,12,13);1H2. The molecule has 0 radical (unpaired) electrons. The fourth-order valence-corrected chi connectivity index (χ4v) is 1.40. The molecule has 1 fully saturated rings. The largest absolute Gasteiger partial charge is 0.446 e. The highest BCUT2D eigenvalue weighted by molar-refractivity contribution is 5.68. The van der Waals surface area contributed by atoms with Crippen LogP contribution in [0.4, 0.5) is 4.79 Å². The molecule has 0 atom stereocenters. The van der Waals surface area contributed by atoms with Gasteiger partial charge in [0.25, 0.3) is 0 Å². The summed E-state index contributed by atoms with van der Waals surface area (Å²) in [6, 6.07) is 0. The van der Waals surface area contributed by atoms with Crippen LogP contribution < -0.4 is 10.6 Å². The lowest BCUT2D eigenvalue weighted by Crippen LogP contribution is -2.43. The minimum absolute atomic E-state index is 0. The minimum atomic E-state index is -0.301. The minimum Gasteiger partial charge on any atom is -0.446 e. The van der Waals surface area contributed by atoms with Gasteiger partial charge in [0.05, 0.1) is 0 Å². The van der Waals surface area contributed by atoms with E-state index in [0.717, 1.165) is 25.9 Å². The van der Waals surface area contributed by atoms with Crippen molar-refractivity contribution in [1.29, 1.82) is 0 Å². The van der Waals surface area contributed by atoms with Gasteiger partial charge in [0.2, 0.25) is 0 Å². The Balaban J connectivity index is 0.00000196. The number of piperidine rings is 1. The molecule has 0 saturated carbocycles. The highest BCUT2D eigenvalue weighted by atomic mass is 16.6. The van der Waals surface area contributed by atoms with Gasteiger partial charge in [0.1, 0.15) is 6.10 Å². The number of hydrogen-bond acceptors (Lipinski definition) is 3. The molecular weight excluding hydrogens is 196 g/mol. The number of amides is 1. The molecule has 0 bridgehead atoms. The third-order valence-corrected chi connectivity index (χ3v) is 2.04. The van der Waals surface area contributed by atoms with E-state index < -0.39 is 0 Å². The molecule has 0 aromatic heterocycles. The predicted octanol–water partition coefficient (Wildman–Crippen LogP) is 0.438. The first-order valence-corrected chi connectivity index (χ1v) is 5.17. The van der Waals surface area contributed by atoms with E-state index in [2.05, 4.69) is 10.6 Å². The third kappa shape index (κ3) is 6.30. The Kier molecular flexibility index (Phi) is 5.60. The van der Waals surface area contributed by atoms with E-state index >= 15 is 0 Å². The Morgan fingerprint density at radius 3 is 2.33 bits per heavy atom. The zero-order valence-corrected chi connectivity index (χ0v) is 9.72. The zero-order chi connectivity index (χ0) is 10.6. The van der Waals surface area contributed by atoms with Crippen LogP contribution in [-0.2, 0) is 4.74 Å². The van der Waals surface area contributed by atoms with Crippen LogP contribution in [0.25, 0.3) is 0 Å². The normalized spacial score (nSPS) is 17.8. The van der Waals surface area contributed by atoms with Crippen LogP contribution in [0, 0.1) is 0 Å². The highest BCUT2D eigenvalue weighted by Gasteiger charge is 2.20. The lowest BCUT2D eigenvalue weighted by molar-refractivity contribution is 0.0741. The molecule has 4 N–H and O–H groups in total. The second-order valence-electron chi connectivity index (χ2n) is 4.73. The van der Waals surface area contributed by atoms with Crippen molar-refractivity contribution >= 4 is 6.09 Å². The van der Waals surface area contributed by atoms with E-state index in [-0.39, 0.29) is 23.2 Å². The summed E-state index contributed by atoms with van der Waals surface area (Å²) in [7, 11) is 0. The Hall–Kier alpha value is -0.810. The molecule has 0 unspecified atom stereocenters. The maximum absolute atomic E-state index is 11.4. The fourth-order valence-electron chi connectivity index (χ4n) is 1.40. The molecule has 1 aliphatic heterocycles. The van der Waals surface area contributed by atoms with Crippen LogP contribution in [0.2, 0.25) is 0 Å². The van der Waals surface area contributed by atoms with Crippen molar-refractivity contribution in [3.63, 3.8) is 0 Å². The molecule has 1 rings (SSSR count). The summed E-state index contributed by atoms with van der Waals surface area (Å²) in [5.74, 6) is 0. The van der Waals surface area contributed by atoms with E-state index in [9.17, 15) is 4.79 Å². The van der Waals surface area contributed by atoms with Crippen LogP contribution in [0.1, 0.15) is 33.6 Å². The quantitative estimate of drug-likeness (QED) is 0.670.